The van der Waals surface area contributed by atoms with Crippen LogP contribution < -0.4 is 10.5 Å². The van der Waals surface area contributed by atoms with E-state index < -0.39 is 15.6 Å². The van der Waals surface area contributed by atoms with Crippen molar-refractivity contribution in [3.63, 3.8) is 0 Å². The van der Waals surface area contributed by atoms with Gasteiger partial charge in [-0.15, -0.1) is 0 Å². The molecular formula is C13H24N2O3S2. The van der Waals surface area contributed by atoms with Crippen LogP contribution in [0.5, 0.6) is 0 Å². The van der Waals surface area contributed by atoms with E-state index in [-0.39, 0.29) is 16.8 Å². The highest BCUT2D eigenvalue weighted by Crippen LogP contribution is 2.28. The summed E-state index contributed by atoms with van der Waals surface area (Å²) in [5, 5.41) is 0. The standard InChI is InChI=1S/C13H24N2O3S2/c14-12(19)13(7-3-1-2-4-8-13)15-20(16,17)10-11-6-5-9-18-11/h11,15H,1-10H2,(H2,14,19). The minimum atomic E-state index is -3.43. The van der Waals surface area contributed by atoms with E-state index in [4.69, 9.17) is 22.7 Å². The van der Waals surface area contributed by atoms with E-state index in [0.717, 1.165) is 38.5 Å². The third-order valence-electron chi connectivity index (χ3n) is 4.21. The molecule has 20 heavy (non-hydrogen) atoms. The molecule has 0 amide bonds. The summed E-state index contributed by atoms with van der Waals surface area (Å²) in [7, 11) is -3.43. The zero-order valence-electron chi connectivity index (χ0n) is 11.8. The van der Waals surface area contributed by atoms with E-state index in [1.165, 1.54) is 0 Å². The van der Waals surface area contributed by atoms with Crippen molar-refractivity contribution in [2.24, 2.45) is 5.73 Å². The van der Waals surface area contributed by atoms with E-state index in [1.807, 2.05) is 0 Å². The van der Waals surface area contributed by atoms with Crippen molar-refractivity contribution < 1.29 is 13.2 Å². The Morgan fingerprint density at radius 3 is 2.40 bits per heavy atom. The van der Waals surface area contributed by atoms with Crippen LogP contribution in [-0.2, 0) is 14.8 Å². The lowest BCUT2D eigenvalue weighted by molar-refractivity contribution is 0.127. The normalized spacial score (nSPS) is 27.1. The van der Waals surface area contributed by atoms with E-state index in [0.29, 0.717) is 19.4 Å². The Kier molecular flexibility index (Phi) is 5.39. The van der Waals surface area contributed by atoms with Gasteiger partial charge in [0.2, 0.25) is 10.0 Å². The number of ether oxygens (including phenoxy) is 1. The monoisotopic (exact) mass is 320 g/mol. The van der Waals surface area contributed by atoms with Gasteiger partial charge in [0.1, 0.15) is 0 Å². The topological polar surface area (TPSA) is 81.4 Å². The van der Waals surface area contributed by atoms with Gasteiger partial charge < -0.3 is 10.5 Å². The fourth-order valence-corrected chi connectivity index (χ4v) is 5.16. The van der Waals surface area contributed by atoms with Gasteiger partial charge in [-0.25, -0.2) is 13.1 Å². The van der Waals surface area contributed by atoms with Crippen LogP contribution in [0.1, 0.15) is 51.4 Å². The number of nitrogens with two attached hydrogens (primary N) is 1. The second kappa shape index (κ2) is 6.68. The summed E-state index contributed by atoms with van der Waals surface area (Å²) in [4.78, 5) is 0.273. The number of hydrogen-bond donors (Lipinski definition) is 2. The highest BCUT2D eigenvalue weighted by atomic mass is 32.2. The summed E-state index contributed by atoms with van der Waals surface area (Å²) in [6.45, 7) is 0.653. The van der Waals surface area contributed by atoms with Crippen molar-refractivity contribution in [2.45, 2.75) is 63.0 Å². The maximum atomic E-state index is 12.4. The molecule has 0 aromatic carbocycles. The molecule has 1 aliphatic carbocycles. The molecular weight excluding hydrogens is 296 g/mol. The van der Waals surface area contributed by atoms with Gasteiger partial charge in [0.05, 0.1) is 22.4 Å². The molecule has 0 aromatic rings. The summed E-state index contributed by atoms with van der Waals surface area (Å²) in [5.74, 6) is 0.0113. The van der Waals surface area contributed by atoms with Crippen molar-refractivity contribution in [3.8, 4) is 0 Å². The SMILES string of the molecule is NC(=S)C1(NS(=O)(=O)CC2CCCO2)CCCCCC1. The van der Waals surface area contributed by atoms with Crippen LogP contribution in [-0.4, -0.2) is 37.4 Å². The summed E-state index contributed by atoms with van der Waals surface area (Å²) < 4.78 is 33.0. The van der Waals surface area contributed by atoms with Crippen LogP contribution >= 0.6 is 12.2 Å². The molecule has 0 bridgehead atoms. The van der Waals surface area contributed by atoms with E-state index in [2.05, 4.69) is 4.72 Å². The van der Waals surface area contributed by atoms with Gasteiger partial charge in [-0.05, 0) is 25.7 Å². The summed E-state index contributed by atoms with van der Waals surface area (Å²) in [6.07, 6.45) is 7.08. The van der Waals surface area contributed by atoms with E-state index in [1.54, 1.807) is 0 Å². The van der Waals surface area contributed by atoms with Crippen LogP contribution in [0, 0.1) is 0 Å². The third-order valence-corrected chi connectivity index (χ3v) is 6.11. The zero-order valence-corrected chi connectivity index (χ0v) is 13.4. The molecule has 2 aliphatic rings. The quantitative estimate of drug-likeness (QED) is 0.592. The molecule has 0 spiro atoms. The first kappa shape index (κ1) is 16.1. The van der Waals surface area contributed by atoms with Gasteiger partial charge in [-0.2, -0.15) is 0 Å². The van der Waals surface area contributed by atoms with Gasteiger partial charge in [-0.3, -0.25) is 0 Å². The predicted molar refractivity (Wildman–Crippen MR) is 83.1 cm³/mol. The third kappa shape index (κ3) is 4.13. The lowest BCUT2D eigenvalue weighted by Crippen LogP contribution is -2.57. The number of rotatable bonds is 5. The molecule has 2 rings (SSSR count). The van der Waals surface area contributed by atoms with Gasteiger partial charge >= 0.3 is 0 Å². The molecule has 1 saturated carbocycles. The lowest BCUT2D eigenvalue weighted by Gasteiger charge is -2.32. The Labute approximate surface area is 126 Å². The number of sulfonamides is 1. The van der Waals surface area contributed by atoms with Gasteiger partial charge in [0.25, 0.3) is 0 Å². The minimum absolute atomic E-state index is 0.0113. The van der Waals surface area contributed by atoms with E-state index in [9.17, 15) is 8.42 Å². The number of hydrogen-bond acceptors (Lipinski definition) is 4. The van der Waals surface area contributed by atoms with Crippen molar-refractivity contribution in [1.82, 2.24) is 4.72 Å². The highest BCUT2D eigenvalue weighted by molar-refractivity contribution is 7.89. The molecule has 0 radical (unpaired) electrons. The molecule has 1 saturated heterocycles. The first-order chi connectivity index (χ1) is 9.44. The average molecular weight is 320 g/mol. The predicted octanol–water partition coefficient (Wildman–Crippen LogP) is 1.46. The van der Waals surface area contributed by atoms with Crippen molar-refractivity contribution in [1.29, 1.82) is 0 Å². The van der Waals surface area contributed by atoms with Crippen LogP contribution in [0.4, 0.5) is 0 Å². The molecule has 1 heterocycles. The fourth-order valence-electron chi connectivity index (χ4n) is 3.09. The molecule has 116 valence electrons. The summed E-state index contributed by atoms with van der Waals surface area (Å²) in [6, 6.07) is 0. The summed E-state index contributed by atoms with van der Waals surface area (Å²) >= 11 is 5.16. The Bertz CT molecular complexity index is 437. The van der Waals surface area contributed by atoms with Gasteiger partial charge in [-0.1, -0.05) is 37.9 Å². The second-order valence-electron chi connectivity index (χ2n) is 5.88. The molecule has 1 unspecified atom stereocenters. The Morgan fingerprint density at radius 1 is 1.25 bits per heavy atom. The Morgan fingerprint density at radius 2 is 1.90 bits per heavy atom. The Hall–Kier alpha value is -0.240. The molecule has 5 nitrogen and oxygen atoms in total. The number of thiocarbonyl (C=S) groups is 1. The van der Waals surface area contributed by atoms with Crippen molar-refractivity contribution in [3.05, 3.63) is 0 Å². The fraction of sp³-hybridized carbons (Fsp3) is 0.923. The van der Waals surface area contributed by atoms with Crippen LogP contribution in [0.25, 0.3) is 0 Å². The van der Waals surface area contributed by atoms with Crippen LogP contribution in [0.2, 0.25) is 0 Å². The average Bonchev–Trinajstić information content (AvgIpc) is 2.72. The molecule has 1 aliphatic heterocycles. The van der Waals surface area contributed by atoms with Crippen molar-refractivity contribution >= 4 is 27.2 Å². The molecule has 0 aromatic heterocycles. The molecule has 7 heteroatoms. The minimum Gasteiger partial charge on any atom is -0.392 e. The maximum Gasteiger partial charge on any atom is 0.215 e. The molecule has 1 atom stereocenters. The van der Waals surface area contributed by atoms with Crippen LogP contribution in [0.15, 0.2) is 0 Å². The lowest BCUT2D eigenvalue weighted by atomic mass is 9.91. The molecule has 2 fully saturated rings. The molecule has 3 N–H and O–H groups in total. The first-order valence-corrected chi connectivity index (χ1v) is 9.43. The highest BCUT2D eigenvalue weighted by Gasteiger charge is 2.38. The number of nitrogens with one attached hydrogen (secondary N) is 1. The largest absolute Gasteiger partial charge is 0.392 e. The smallest absolute Gasteiger partial charge is 0.215 e. The maximum absolute atomic E-state index is 12.4. The van der Waals surface area contributed by atoms with E-state index >= 15 is 0 Å². The Balaban J connectivity index is 2.07. The summed E-state index contributed by atoms with van der Waals surface area (Å²) in [5.41, 5.74) is 5.13. The van der Waals surface area contributed by atoms with Crippen LogP contribution in [0.3, 0.4) is 0 Å². The first-order valence-electron chi connectivity index (χ1n) is 7.37. The van der Waals surface area contributed by atoms with Gasteiger partial charge in [0.15, 0.2) is 0 Å². The zero-order chi connectivity index (χ0) is 14.6. The van der Waals surface area contributed by atoms with Gasteiger partial charge in [0, 0.05) is 6.61 Å². The second-order valence-corrected chi connectivity index (χ2v) is 8.09. The van der Waals surface area contributed by atoms with Crippen molar-refractivity contribution in [2.75, 3.05) is 12.4 Å².